The van der Waals surface area contributed by atoms with Crippen LogP contribution >= 0.6 is 0 Å². The summed E-state index contributed by atoms with van der Waals surface area (Å²) < 4.78 is 27.4. The van der Waals surface area contributed by atoms with E-state index in [4.69, 9.17) is 0 Å². The van der Waals surface area contributed by atoms with Crippen molar-refractivity contribution in [2.45, 2.75) is 51.9 Å². The number of anilines is 1. The van der Waals surface area contributed by atoms with Gasteiger partial charge in [-0.3, -0.25) is 4.79 Å². The number of hydrogen-bond donors (Lipinski definition) is 1. The number of benzene rings is 1. The first-order valence-electron chi connectivity index (χ1n) is 8.01. The van der Waals surface area contributed by atoms with Gasteiger partial charge in [-0.15, -0.1) is 0 Å². The molecule has 1 heterocycles. The lowest BCUT2D eigenvalue weighted by Crippen LogP contribution is -2.26. The number of nitrogens with zero attached hydrogens (tertiary/aromatic N) is 1. The lowest BCUT2D eigenvalue weighted by Gasteiger charge is -2.18. The molecule has 5 nitrogen and oxygen atoms in total. The van der Waals surface area contributed by atoms with Crippen LogP contribution in [0.15, 0.2) is 23.1 Å². The molecule has 2 rings (SSSR count). The molecule has 1 N–H and O–H groups in total. The predicted molar refractivity (Wildman–Crippen MR) is 92.1 cm³/mol. The van der Waals surface area contributed by atoms with Gasteiger partial charge in [0.05, 0.1) is 4.90 Å². The topological polar surface area (TPSA) is 66.5 Å². The Bertz CT molecular complexity index is 690. The second-order valence-corrected chi connectivity index (χ2v) is 9.04. The zero-order valence-corrected chi connectivity index (χ0v) is 15.2. The molecule has 0 fully saturated rings. The van der Waals surface area contributed by atoms with Crippen molar-refractivity contribution in [3.63, 3.8) is 0 Å². The summed E-state index contributed by atoms with van der Waals surface area (Å²) in [6.45, 7) is 9.01. The summed E-state index contributed by atoms with van der Waals surface area (Å²) in [7, 11) is -3.49. The molecule has 128 valence electrons. The number of carbonyl (C=O) groups is 1. The van der Waals surface area contributed by atoms with Gasteiger partial charge in [0.25, 0.3) is 0 Å². The number of nitrogens with one attached hydrogen (secondary N) is 1. The van der Waals surface area contributed by atoms with Crippen molar-refractivity contribution in [3.8, 4) is 0 Å². The molecule has 0 aromatic heterocycles. The first-order valence-corrected chi connectivity index (χ1v) is 9.49. The number of carbonyl (C=O) groups excluding carboxylic acids is 1. The molecule has 0 saturated carbocycles. The Labute approximate surface area is 139 Å². The van der Waals surface area contributed by atoms with E-state index in [1.54, 1.807) is 23.1 Å². The number of sulfonamides is 1. The molecule has 1 aliphatic rings. The molecule has 0 saturated heterocycles. The number of amides is 1. The van der Waals surface area contributed by atoms with Crippen molar-refractivity contribution in [1.29, 1.82) is 0 Å². The molecule has 0 radical (unpaired) electrons. The predicted octanol–water partition coefficient (Wildman–Crippen LogP) is 2.70. The highest BCUT2D eigenvalue weighted by Crippen LogP contribution is 2.30. The third-order valence-corrected chi connectivity index (χ3v) is 5.49. The maximum Gasteiger partial charge on any atom is 0.240 e. The van der Waals surface area contributed by atoms with E-state index in [1.807, 2.05) is 0 Å². The van der Waals surface area contributed by atoms with Crippen molar-refractivity contribution >= 4 is 21.6 Å². The van der Waals surface area contributed by atoms with Gasteiger partial charge in [-0.2, -0.15) is 0 Å². The second kappa shape index (κ2) is 6.61. The summed E-state index contributed by atoms with van der Waals surface area (Å²) in [5.74, 6) is -0.0142. The average molecular weight is 338 g/mol. The molecule has 23 heavy (non-hydrogen) atoms. The number of fused-ring (bicyclic) bond motifs is 1. The fraction of sp³-hybridized carbons (Fsp3) is 0.588. The summed E-state index contributed by atoms with van der Waals surface area (Å²) in [6, 6.07) is 4.99. The molecular weight excluding hydrogens is 312 g/mol. The normalized spacial score (nSPS) is 14.9. The molecule has 1 amide bonds. The van der Waals surface area contributed by atoms with Gasteiger partial charge in [0.2, 0.25) is 15.9 Å². The maximum atomic E-state index is 12.4. The fourth-order valence-corrected chi connectivity index (χ4v) is 3.91. The first-order chi connectivity index (χ1) is 10.6. The summed E-state index contributed by atoms with van der Waals surface area (Å²) in [5, 5.41) is 0. The van der Waals surface area contributed by atoms with Gasteiger partial charge in [-0.1, -0.05) is 20.8 Å². The molecule has 1 aromatic rings. The smallest absolute Gasteiger partial charge is 0.240 e. The van der Waals surface area contributed by atoms with E-state index in [1.165, 1.54) is 6.92 Å². The summed E-state index contributed by atoms with van der Waals surface area (Å²) in [4.78, 5) is 13.5. The van der Waals surface area contributed by atoms with Crippen molar-refractivity contribution in [2.24, 2.45) is 5.41 Å². The Hall–Kier alpha value is -1.40. The highest BCUT2D eigenvalue weighted by molar-refractivity contribution is 7.89. The van der Waals surface area contributed by atoms with E-state index in [0.29, 0.717) is 19.5 Å². The van der Waals surface area contributed by atoms with E-state index in [9.17, 15) is 13.2 Å². The highest BCUT2D eigenvalue weighted by atomic mass is 32.2. The molecule has 0 aliphatic carbocycles. The lowest BCUT2D eigenvalue weighted by atomic mass is 9.91. The van der Waals surface area contributed by atoms with E-state index in [0.717, 1.165) is 24.1 Å². The zero-order chi connectivity index (χ0) is 17.3. The molecule has 0 unspecified atom stereocenters. The van der Waals surface area contributed by atoms with Gasteiger partial charge in [0, 0.05) is 25.7 Å². The van der Waals surface area contributed by atoms with Crippen molar-refractivity contribution in [3.05, 3.63) is 23.8 Å². The summed E-state index contributed by atoms with van der Waals surface area (Å²) in [6.07, 6.45) is 2.47. The van der Waals surface area contributed by atoms with Crippen molar-refractivity contribution in [1.82, 2.24) is 4.72 Å². The molecule has 0 bridgehead atoms. The maximum absolute atomic E-state index is 12.4. The first kappa shape index (κ1) is 17.9. The van der Waals surface area contributed by atoms with Crippen LogP contribution in [0.2, 0.25) is 0 Å². The van der Waals surface area contributed by atoms with E-state index >= 15 is 0 Å². The molecule has 6 heteroatoms. The molecule has 1 aromatic carbocycles. The van der Waals surface area contributed by atoms with E-state index in [2.05, 4.69) is 25.5 Å². The van der Waals surface area contributed by atoms with Crippen LogP contribution in [0, 0.1) is 5.41 Å². The quantitative estimate of drug-likeness (QED) is 0.840. The van der Waals surface area contributed by atoms with E-state index in [-0.39, 0.29) is 16.2 Å². The lowest BCUT2D eigenvalue weighted by molar-refractivity contribution is -0.116. The highest BCUT2D eigenvalue weighted by Gasteiger charge is 2.24. The van der Waals surface area contributed by atoms with E-state index < -0.39 is 10.0 Å². The molecule has 1 aliphatic heterocycles. The van der Waals surface area contributed by atoms with Crippen molar-refractivity contribution < 1.29 is 13.2 Å². The van der Waals surface area contributed by atoms with Crippen molar-refractivity contribution in [2.75, 3.05) is 18.0 Å². The molecular formula is C17H26N2O3S. The van der Waals surface area contributed by atoms with Crippen LogP contribution in [0.3, 0.4) is 0 Å². The standard InChI is InChI=1S/C17H26N2O3S/c1-13(20)19-11-8-14-12-15(6-7-16(14)19)23(21,22)18-10-5-9-17(2,3)4/h6-7,12,18H,5,8-11H2,1-4H3. The Kier molecular flexibility index (Phi) is 5.16. The van der Waals surface area contributed by atoms with Gasteiger partial charge in [-0.25, -0.2) is 13.1 Å². The van der Waals surface area contributed by atoms with Gasteiger partial charge in [-0.05, 0) is 48.4 Å². The monoisotopic (exact) mass is 338 g/mol. The van der Waals surface area contributed by atoms with Crippen LogP contribution < -0.4 is 9.62 Å². The summed E-state index contributed by atoms with van der Waals surface area (Å²) in [5.41, 5.74) is 1.94. The van der Waals surface area contributed by atoms with Gasteiger partial charge in [0.1, 0.15) is 0 Å². The minimum Gasteiger partial charge on any atom is -0.312 e. The van der Waals surface area contributed by atoms with Gasteiger partial charge < -0.3 is 4.90 Å². The van der Waals surface area contributed by atoms with Gasteiger partial charge >= 0.3 is 0 Å². The fourth-order valence-electron chi connectivity index (χ4n) is 2.78. The minimum atomic E-state index is -3.49. The SMILES string of the molecule is CC(=O)N1CCc2cc(S(=O)(=O)NCCCC(C)(C)C)ccc21. The average Bonchev–Trinajstić information content (AvgIpc) is 2.85. The number of hydrogen-bond acceptors (Lipinski definition) is 3. The number of rotatable bonds is 5. The Morgan fingerprint density at radius 1 is 1.30 bits per heavy atom. The summed E-state index contributed by atoms with van der Waals surface area (Å²) >= 11 is 0. The molecule has 0 spiro atoms. The van der Waals surface area contributed by atoms with Crippen LogP contribution in [-0.4, -0.2) is 27.4 Å². The van der Waals surface area contributed by atoms with Crippen LogP contribution in [0.5, 0.6) is 0 Å². The van der Waals surface area contributed by atoms with Crippen LogP contribution in [-0.2, 0) is 21.2 Å². The largest absolute Gasteiger partial charge is 0.312 e. The van der Waals surface area contributed by atoms with Gasteiger partial charge in [0.15, 0.2) is 0 Å². The van der Waals surface area contributed by atoms with Crippen LogP contribution in [0.1, 0.15) is 46.1 Å². The second-order valence-electron chi connectivity index (χ2n) is 7.27. The minimum absolute atomic E-state index is 0.0142. The molecule has 0 atom stereocenters. The van der Waals surface area contributed by atoms with Crippen LogP contribution in [0.4, 0.5) is 5.69 Å². The zero-order valence-electron chi connectivity index (χ0n) is 14.3. The third-order valence-electron chi connectivity index (χ3n) is 4.03. The Morgan fingerprint density at radius 3 is 2.61 bits per heavy atom. The third kappa shape index (κ3) is 4.54. The Morgan fingerprint density at radius 2 is 2.00 bits per heavy atom. The van der Waals surface area contributed by atoms with Crippen LogP contribution in [0.25, 0.3) is 0 Å². The Balaban J connectivity index is 2.05.